The zero-order valence-electron chi connectivity index (χ0n) is 42.9. The van der Waals surface area contributed by atoms with Crippen LogP contribution < -0.4 is 9.13 Å². The lowest BCUT2D eigenvalue weighted by molar-refractivity contribution is -0.605. The second-order valence-electron chi connectivity index (χ2n) is 19.2. The maximum Gasteiger partial charge on any atom is 0.278 e. The average Bonchev–Trinajstić information content (AvgIpc) is 3.87. The van der Waals surface area contributed by atoms with Gasteiger partial charge in [0.15, 0.2) is 0 Å². The maximum atomic E-state index is 6.01. The van der Waals surface area contributed by atoms with E-state index in [4.69, 9.17) is 9.47 Å². The summed E-state index contributed by atoms with van der Waals surface area (Å²) in [7, 11) is 0. The minimum Gasteiger partial charge on any atom is -0.502 e. The van der Waals surface area contributed by atoms with Crippen LogP contribution in [0.15, 0.2) is 134 Å². The van der Waals surface area contributed by atoms with Crippen molar-refractivity contribution in [2.75, 3.05) is 13.2 Å². The molecule has 0 bridgehead atoms. The molecule has 0 spiro atoms. The van der Waals surface area contributed by atoms with Crippen LogP contribution in [0.1, 0.15) is 115 Å². The number of nitrogens with zero attached hydrogens (tertiary/aromatic N) is 4. The molecule has 0 N–H and O–H groups in total. The Morgan fingerprint density at radius 1 is 0.426 bits per heavy atom. The molecule has 6 nitrogen and oxygen atoms in total. The molecule has 0 saturated carbocycles. The number of imidazole rings is 2. The highest BCUT2D eigenvalue weighted by atomic mass is 16.5. The van der Waals surface area contributed by atoms with Crippen molar-refractivity contribution in [1.29, 1.82) is 0 Å². The molecule has 0 aliphatic rings. The Balaban J connectivity index is 1.34. The Labute approximate surface area is 405 Å². The van der Waals surface area contributed by atoms with Gasteiger partial charge >= 0.3 is 0 Å². The van der Waals surface area contributed by atoms with Gasteiger partial charge in [0.1, 0.15) is 59.4 Å². The van der Waals surface area contributed by atoms with Crippen molar-refractivity contribution in [3.05, 3.63) is 224 Å². The van der Waals surface area contributed by atoms with Gasteiger partial charge in [-0.25, -0.2) is 0 Å². The fraction of sp³-hybridized carbons (Fsp3) is 0.290. The lowest BCUT2D eigenvalue weighted by Crippen LogP contribution is -2.38. The van der Waals surface area contributed by atoms with Crippen molar-refractivity contribution in [3.8, 4) is 22.7 Å². The van der Waals surface area contributed by atoms with Gasteiger partial charge < -0.3 is 9.47 Å². The smallest absolute Gasteiger partial charge is 0.278 e. The quantitative estimate of drug-likeness (QED) is 0.0805. The number of fused-ring (bicyclic) bond motifs is 1. The van der Waals surface area contributed by atoms with Gasteiger partial charge in [0, 0.05) is 0 Å². The van der Waals surface area contributed by atoms with Crippen LogP contribution in [-0.4, -0.2) is 22.3 Å². The van der Waals surface area contributed by atoms with Crippen molar-refractivity contribution in [1.82, 2.24) is 9.13 Å². The maximum absolute atomic E-state index is 6.01. The molecule has 0 aliphatic heterocycles. The summed E-state index contributed by atoms with van der Waals surface area (Å²) in [5.74, 6) is 1.95. The number of aromatic nitrogens is 4. The van der Waals surface area contributed by atoms with Crippen molar-refractivity contribution in [2.45, 2.75) is 109 Å². The number of allylic oxidation sites excluding steroid dienone is 2. The van der Waals surface area contributed by atoms with E-state index < -0.39 is 0 Å². The molecule has 0 fully saturated rings. The zero-order valence-corrected chi connectivity index (χ0v) is 42.9. The average molecular weight is 903 g/mol. The number of hydrogen-bond donors (Lipinski definition) is 0. The molecular weight excluding hydrogens is 833 g/mol. The molecule has 2 aromatic heterocycles. The third kappa shape index (κ3) is 9.21. The fourth-order valence-corrected chi connectivity index (χ4v) is 11.2. The van der Waals surface area contributed by atoms with Crippen LogP contribution in [0.4, 0.5) is 0 Å². The highest BCUT2D eigenvalue weighted by Gasteiger charge is 2.34. The first kappa shape index (κ1) is 47.6. The van der Waals surface area contributed by atoms with Gasteiger partial charge in [-0.15, -0.1) is 0 Å². The predicted octanol–water partition coefficient (Wildman–Crippen LogP) is 14.0. The van der Waals surface area contributed by atoms with Gasteiger partial charge in [-0.1, -0.05) is 95.1 Å². The molecule has 0 amide bonds. The Morgan fingerprint density at radius 3 is 1.04 bits per heavy atom. The second-order valence-corrected chi connectivity index (χ2v) is 19.2. The minimum absolute atomic E-state index is 0.160. The summed E-state index contributed by atoms with van der Waals surface area (Å²) in [6.07, 6.45) is 17.2. The van der Waals surface area contributed by atoms with E-state index in [0.717, 1.165) is 11.6 Å². The number of ether oxygens (including phenoxy) is 2. The predicted molar refractivity (Wildman–Crippen MR) is 281 cm³/mol. The van der Waals surface area contributed by atoms with E-state index in [0.29, 0.717) is 13.2 Å². The van der Waals surface area contributed by atoms with Gasteiger partial charge in [-0.2, -0.15) is 18.3 Å². The SMILES string of the molecule is CCO/C=C\C(c1ccc2cc(C(/C=C\OCC)c3n(-c4c(C)cc(C)cc4C)cc[n+]3-c3c(C)cc(C)cc3C)ccc2c1)c1n(-c2c(C)cc(C)cc2C)cc[n+]1-c1c(C)cc(C)cc1C. The number of aryl methyl sites for hydroxylation is 12. The van der Waals surface area contributed by atoms with Gasteiger partial charge in [-0.3, -0.25) is 0 Å². The molecule has 2 atom stereocenters. The Hall–Kier alpha value is -6.92. The van der Waals surface area contributed by atoms with E-state index in [1.165, 1.54) is 111 Å². The second kappa shape index (κ2) is 19.7. The van der Waals surface area contributed by atoms with Crippen LogP contribution in [0, 0.1) is 83.1 Å². The Bertz CT molecular complexity index is 2790. The number of hydrogen-bond acceptors (Lipinski definition) is 2. The molecular formula is C62H70N4O2+2. The topological polar surface area (TPSA) is 36.1 Å². The van der Waals surface area contributed by atoms with Gasteiger partial charge in [-0.05, 0) is 188 Å². The molecule has 6 aromatic carbocycles. The van der Waals surface area contributed by atoms with E-state index in [2.05, 4.69) is 223 Å². The molecule has 8 aromatic rings. The van der Waals surface area contributed by atoms with Crippen LogP contribution in [0.5, 0.6) is 0 Å². The summed E-state index contributed by atoms with van der Waals surface area (Å²) < 4.78 is 21.7. The van der Waals surface area contributed by atoms with Crippen LogP contribution in [-0.2, 0) is 9.47 Å². The largest absolute Gasteiger partial charge is 0.502 e. The minimum atomic E-state index is -0.160. The van der Waals surface area contributed by atoms with Crippen molar-refractivity contribution in [2.24, 2.45) is 0 Å². The van der Waals surface area contributed by atoms with Crippen molar-refractivity contribution in [3.63, 3.8) is 0 Å². The van der Waals surface area contributed by atoms with E-state index >= 15 is 0 Å². The van der Waals surface area contributed by atoms with E-state index in [9.17, 15) is 0 Å². The molecule has 0 saturated heterocycles. The molecule has 68 heavy (non-hydrogen) atoms. The summed E-state index contributed by atoms with van der Waals surface area (Å²) in [4.78, 5) is 0. The molecule has 8 rings (SSSR count). The molecule has 2 heterocycles. The first-order valence-electron chi connectivity index (χ1n) is 24.3. The zero-order chi connectivity index (χ0) is 48.6. The van der Waals surface area contributed by atoms with Gasteiger partial charge in [0.2, 0.25) is 0 Å². The highest BCUT2D eigenvalue weighted by Crippen LogP contribution is 2.36. The molecule has 0 radical (unpaired) electrons. The number of benzene rings is 6. The third-order valence-electron chi connectivity index (χ3n) is 13.5. The standard InChI is InChI=1S/C62H70N4O2/c1-15-67-27-21-55(61-63(57-43(7)29-39(3)30-44(57)8)23-24-64(61)58-45(9)31-40(4)32-46(58)10)53-19-17-52-38-54(20-18-51(52)37-53)56(22-28-68-16-2)62-65(59-47(11)33-41(5)34-48(59)12)25-26-66(62)60-49(13)35-42(6)36-50(60)14/h17-38,55-56H,15-16H2,1-14H3/q+2/b27-21-,28-22-. The van der Waals surface area contributed by atoms with E-state index in [1.54, 1.807) is 0 Å². The molecule has 0 aliphatic carbocycles. The first-order valence-corrected chi connectivity index (χ1v) is 24.3. The monoisotopic (exact) mass is 903 g/mol. The van der Waals surface area contributed by atoms with Crippen LogP contribution in [0.3, 0.4) is 0 Å². The highest BCUT2D eigenvalue weighted by molar-refractivity contribution is 5.84. The summed E-state index contributed by atoms with van der Waals surface area (Å²) in [5, 5.41) is 2.34. The number of rotatable bonds is 14. The molecule has 6 heteroatoms. The first-order chi connectivity index (χ1) is 32.6. The molecule has 348 valence electrons. The van der Waals surface area contributed by atoms with Gasteiger partial charge in [0.05, 0.1) is 25.7 Å². The lowest BCUT2D eigenvalue weighted by atomic mass is 9.91. The van der Waals surface area contributed by atoms with Crippen molar-refractivity contribution < 1.29 is 18.6 Å². The van der Waals surface area contributed by atoms with E-state index in [-0.39, 0.29) is 11.8 Å². The summed E-state index contributed by atoms with van der Waals surface area (Å²) in [5.41, 5.74) is 22.1. The fourth-order valence-electron chi connectivity index (χ4n) is 11.2. The van der Waals surface area contributed by atoms with Gasteiger partial charge in [0.25, 0.3) is 11.6 Å². The Kier molecular flexibility index (Phi) is 13.8. The van der Waals surface area contributed by atoms with Crippen molar-refractivity contribution >= 4 is 10.8 Å². The third-order valence-corrected chi connectivity index (χ3v) is 13.5. The van der Waals surface area contributed by atoms with Crippen LogP contribution >= 0.6 is 0 Å². The normalized spacial score (nSPS) is 12.7. The Morgan fingerprint density at radius 2 is 0.735 bits per heavy atom. The summed E-state index contributed by atoms with van der Waals surface area (Å²) in [6, 6.07) is 32.3. The van der Waals surface area contributed by atoms with Crippen LogP contribution in [0.25, 0.3) is 33.5 Å². The lowest BCUT2D eigenvalue weighted by Gasteiger charge is -2.19. The summed E-state index contributed by atoms with van der Waals surface area (Å²) in [6.45, 7) is 31.8. The van der Waals surface area contributed by atoms with Crippen LogP contribution in [0.2, 0.25) is 0 Å². The van der Waals surface area contributed by atoms with E-state index in [1.807, 2.05) is 26.4 Å². The summed E-state index contributed by atoms with van der Waals surface area (Å²) >= 11 is 0. The molecule has 2 unspecified atom stereocenters.